The monoisotopic (exact) mass is 337 g/mol. The highest BCUT2D eigenvalue weighted by Gasteiger charge is 2.27. The van der Waals surface area contributed by atoms with Crippen molar-refractivity contribution in [2.24, 2.45) is 0 Å². The Morgan fingerprint density at radius 2 is 1.52 bits per heavy atom. The van der Waals surface area contributed by atoms with E-state index in [9.17, 15) is 5.11 Å². The molecule has 1 heterocycles. The molecule has 25 heavy (non-hydrogen) atoms. The lowest BCUT2D eigenvalue weighted by atomic mass is 9.78. The molecule has 1 N–H and O–H groups in total. The van der Waals surface area contributed by atoms with Crippen LogP contribution in [-0.2, 0) is 10.8 Å². The third-order valence-electron chi connectivity index (χ3n) is 4.53. The van der Waals surface area contributed by atoms with E-state index in [4.69, 9.17) is 9.40 Å². The smallest absolute Gasteiger partial charge is 0.227 e. The number of fused-ring (bicyclic) bond motifs is 1. The second kappa shape index (κ2) is 5.62. The van der Waals surface area contributed by atoms with Gasteiger partial charge in [-0.2, -0.15) is 0 Å². The van der Waals surface area contributed by atoms with E-state index in [2.05, 4.69) is 41.5 Å². The third-order valence-corrected chi connectivity index (χ3v) is 4.53. The van der Waals surface area contributed by atoms with E-state index in [0.29, 0.717) is 11.6 Å². The van der Waals surface area contributed by atoms with Gasteiger partial charge in [-0.15, -0.1) is 0 Å². The lowest BCUT2D eigenvalue weighted by Gasteiger charge is -2.27. The molecular formula is C22H27NO2. The Hall–Kier alpha value is -2.29. The molecule has 0 radical (unpaired) electrons. The van der Waals surface area contributed by atoms with E-state index < -0.39 is 0 Å². The summed E-state index contributed by atoms with van der Waals surface area (Å²) < 4.78 is 6.06. The zero-order chi connectivity index (χ0) is 18.6. The molecule has 0 aliphatic carbocycles. The van der Waals surface area contributed by atoms with Crippen molar-refractivity contribution < 1.29 is 9.52 Å². The van der Waals surface area contributed by atoms with Crippen molar-refractivity contribution in [1.82, 2.24) is 4.98 Å². The molecule has 0 atom stereocenters. The molecule has 1 aromatic heterocycles. The van der Waals surface area contributed by atoms with Crippen molar-refractivity contribution in [3.05, 3.63) is 47.0 Å². The van der Waals surface area contributed by atoms with Gasteiger partial charge >= 0.3 is 0 Å². The number of oxazole rings is 1. The Morgan fingerprint density at radius 1 is 0.880 bits per heavy atom. The lowest BCUT2D eigenvalue weighted by Crippen LogP contribution is -2.16. The average molecular weight is 337 g/mol. The number of hydrogen-bond donors (Lipinski definition) is 1. The highest BCUT2D eigenvalue weighted by Crippen LogP contribution is 2.41. The first-order chi connectivity index (χ1) is 11.5. The summed E-state index contributed by atoms with van der Waals surface area (Å²) in [6.07, 6.45) is 0. The number of benzene rings is 2. The molecular weight excluding hydrogens is 310 g/mol. The molecule has 3 heteroatoms. The maximum absolute atomic E-state index is 10.6. The van der Waals surface area contributed by atoms with Crippen LogP contribution in [0, 0.1) is 6.92 Å². The van der Waals surface area contributed by atoms with Crippen molar-refractivity contribution >= 4 is 11.1 Å². The first kappa shape index (κ1) is 17.5. The SMILES string of the molecule is Cc1ccc2oc(-c3cc(C(C)(C)C)c(O)cc3C(C)(C)C)nc2c1. The van der Waals surface area contributed by atoms with Crippen LogP contribution in [0.5, 0.6) is 5.75 Å². The molecule has 0 fully saturated rings. The van der Waals surface area contributed by atoms with Crippen LogP contribution >= 0.6 is 0 Å². The van der Waals surface area contributed by atoms with Crippen molar-refractivity contribution in [2.45, 2.75) is 59.3 Å². The summed E-state index contributed by atoms with van der Waals surface area (Å²) in [5, 5.41) is 10.6. The van der Waals surface area contributed by atoms with Gasteiger partial charge in [0.05, 0.1) is 0 Å². The Morgan fingerprint density at radius 3 is 2.12 bits per heavy atom. The summed E-state index contributed by atoms with van der Waals surface area (Å²) in [7, 11) is 0. The minimum atomic E-state index is -0.169. The fourth-order valence-corrected chi connectivity index (χ4v) is 3.14. The predicted molar refractivity (Wildman–Crippen MR) is 103 cm³/mol. The number of phenolic OH excluding ortho intramolecular Hbond substituents is 1. The van der Waals surface area contributed by atoms with Crippen LogP contribution in [0.2, 0.25) is 0 Å². The fraction of sp³-hybridized carbons (Fsp3) is 0.409. The van der Waals surface area contributed by atoms with Crippen LogP contribution in [-0.4, -0.2) is 10.1 Å². The second-order valence-electron chi connectivity index (χ2n) is 8.91. The summed E-state index contributed by atoms with van der Waals surface area (Å²) in [6, 6.07) is 9.93. The molecule has 3 nitrogen and oxygen atoms in total. The number of aromatic nitrogens is 1. The molecule has 2 aromatic carbocycles. The molecule has 0 spiro atoms. The standard InChI is InChI=1S/C22H27NO2/c1-13-8-9-19-17(10-13)23-20(25-19)14-11-16(22(5,6)7)18(24)12-15(14)21(2,3)4/h8-12,24H,1-7H3. The molecule has 0 bridgehead atoms. The Bertz CT molecular complexity index is 937. The Kier molecular flexibility index (Phi) is 3.94. The molecule has 132 valence electrons. The predicted octanol–water partition coefficient (Wildman–Crippen LogP) is 6.10. The van der Waals surface area contributed by atoms with E-state index in [0.717, 1.165) is 33.4 Å². The zero-order valence-corrected chi connectivity index (χ0v) is 16.2. The number of hydrogen-bond acceptors (Lipinski definition) is 3. The first-order valence-corrected chi connectivity index (χ1v) is 8.72. The van der Waals surface area contributed by atoms with Crippen LogP contribution in [0.4, 0.5) is 0 Å². The van der Waals surface area contributed by atoms with E-state index in [1.54, 1.807) is 0 Å². The Balaban J connectivity index is 2.31. The number of phenols is 1. The van der Waals surface area contributed by atoms with Gasteiger partial charge < -0.3 is 9.52 Å². The molecule has 0 unspecified atom stereocenters. The number of rotatable bonds is 1. The van der Waals surface area contributed by atoms with Crippen LogP contribution < -0.4 is 0 Å². The fourth-order valence-electron chi connectivity index (χ4n) is 3.14. The summed E-state index contributed by atoms with van der Waals surface area (Å²) in [6.45, 7) is 14.7. The maximum Gasteiger partial charge on any atom is 0.227 e. The van der Waals surface area contributed by atoms with Crippen LogP contribution in [0.3, 0.4) is 0 Å². The normalized spacial score (nSPS) is 12.8. The molecule has 3 aromatic rings. The van der Waals surface area contributed by atoms with E-state index >= 15 is 0 Å². The molecule has 3 rings (SSSR count). The number of nitrogens with zero attached hydrogens (tertiary/aromatic N) is 1. The largest absolute Gasteiger partial charge is 0.508 e. The van der Waals surface area contributed by atoms with E-state index in [1.807, 2.05) is 37.3 Å². The quantitative estimate of drug-likeness (QED) is 0.583. The maximum atomic E-state index is 10.6. The van der Waals surface area contributed by atoms with Crippen LogP contribution in [0.25, 0.3) is 22.6 Å². The van der Waals surface area contributed by atoms with Gasteiger partial charge in [-0.1, -0.05) is 47.6 Å². The van der Waals surface area contributed by atoms with Crippen molar-refractivity contribution in [1.29, 1.82) is 0 Å². The third kappa shape index (κ3) is 3.28. The number of aryl methyl sites for hydroxylation is 1. The molecule has 0 aliphatic rings. The lowest BCUT2D eigenvalue weighted by molar-refractivity contribution is 0.443. The molecule has 0 saturated carbocycles. The van der Waals surface area contributed by atoms with E-state index in [-0.39, 0.29) is 10.8 Å². The highest BCUT2D eigenvalue weighted by atomic mass is 16.3. The van der Waals surface area contributed by atoms with Crippen molar-refractivity contribution in [3.8, 4) is 17.2 Å². The summed E-state index contributed by atoms with van der Waals surface area (Å²) >= 11 is 0. The first-order valence-electron chi connectivity index (χ1n) is 8.72. The van der Waals surface area contributed by atoms with Gasteiger partial charge in [-0.05, 0) is 53.1 Å². The average Bonchev–Trinajstić information content (AvgIpc) is 2.87. The van der Waals surface area contributed by atoms with Gasteiger partial charge in [-0.25, -0.2) is 4.98 Å². The topological polar surface area (TPSA) is 46.3 Å². The minimum Gasteiger partial charge on any atom is -0.508 e. The van der Waals surface area contributed by atoms with Gasteiger partial charge in [-0.3, -0.25) is 0 Å². The highest BCUT2D eigenvalue weighted by molar-refractivity contribution is 5.78. The van der Waals surface area contributed by atoms with E-state index in [1.165, 1.54) is 0 Å². The van der Waals surface area contributed by atoms with Gasteiger partial charge in [0.25, 0.3) is 0 Å². The van der Waals surface area contributed by atoms with Gasteiger partial charge in [0.15, 0.2) is 5.58 Å². The molecule has 0 aliphatic heterocycles. The minimum absolute atomic E-state index is 0.139. The number of aromatic hydroxyl groups is 1. The van der Waals surface area contributed by atoms with Gasteiger partial charge in [0.1, 0.15) is 11.3 Å². The molecule has 0 saturated heterocycles. The summed E-state index contributed by atoms with van der Waals surface area (Å²) in [4.78, 5) is 4.72. The summed E-state index contributed by atoms with van der Waals surface area (Å²) in [5.74, 6) is 0.934. The van der Waals surface area contributed by atoms with Crippen LogP contribution in [0.1, 0.15) is 58.2 Å². The molecule has 0 amide bonds. The Labute approximate surface area is 149 Å². The van der Waals surface area contributed by atoms with Gasteiger partial charge in [0, 0.05) is 11.1 Å². The summed E-state index contributed by atoms with van der Waals surface area (Å²) in [5.41, 5.74) is 5.37. The van der Waals surface area contributed by atoms with Crippen molar-refractivity contribution in [2.75, 3.05) is 0 Å². The van der Waals surface area contributed by atoms with Crippen molar-refractivity contribution in [3.63, 3.8) is 0 Å². The van der Waals surface area contributed by atoms with Crippen LogP contribution in [0.15, 0.2) is 34.7 Å². The second-order valence-corrected chi connectivity index (χ2v) is 8.91. The zero-order valence-electron chi connectivity index (χ0n) is 16.2. The van der Waals surface area contributed by atoms with Gasteiger partial charge in [0.2, 0.25) is 5.89 Å².